The van der Waals surface area contributed by atoms with Gasteiger partial charge in [0.2, 0.25) is 5.91 Å². The summed E-state index contributed by atoms with van der Waals surface area (Å²) in [6, 6.07) is 28.9. The number of anilines is 2. The summed E-state index contributed by atoms with van der Waals surface area (Å²) in [5, 5.41) is 2.96. The third-order valence-electron chi connectivity index (χ3n) is 6.43. The van der Waals surface area contributed by atoms with Gasteiger partial charge >= 0.3 is 0 Å². The largest absolute Gasteiger partial charge is 0.497 e. The van der Waals surface area contributed by atoms with Gasteiger partial charge in [0.1, 0.15) is 17.6 Å². The minimum Gasteiger partial charge on any atom is -0.497 e. The molecule has 4 aromatic rings. The molecule has 1 N–H and O–H groups in total. The Kier molecular flexibility index (Phi) is 8.94. The van der Waals surface area contributed by atoms with E-state index >= 15 is 0 Å². The van der Waals surface area contributed by atoms with E-state index in [1.54, 1.807) is 24.1 Å². The Balaban J connectivity index is 1.71. The number of hydrogen-bond donors (Lipinski definition) is 1. The van der Waals surface area contributed by atoms with Crippen molar-refractivity contribution in [1.82, 2.24) is 4.90 Å². The Hall–Kier alpha value is -4.65. The highest BCUT2D eigenvalue weighted by Gasteiger charge is 2.32. The Morgan fingerprint density at radius 1 is 0.821 bits per heavy atom. The zero-order valence-corrected chi connectivity index (χ0v) is 22.3. The lowest BCUT2D eigenvalue weighted by Gasteiger charge is -2.32. The molecule has 39 heavy (non-hydrogen) atoms. The molecule has 2 amide bonds. The van der Waals surface area contributed by atoms with E-state index in [9.17, 15) is 14.0 Å². The summed E-state index contributed by atoms with van der Waals surface area (Å²) < 4.78 is 19.1. The fraction of sp³-hybridized carbons (Fsp3) is 0.188. The van der Waals surface area contributed by atoms with Gasteiger partial charge in [-0.3, -0.25) is 9.59 Å². The van der Waals surface area contributed by atoms with Gasteiger partial charge in [-0.25, -0.2) is 4.39 Å². The minimum absolute atomic E-state index is 0.111. The first kappa shape index (κ1) is 27.4. The fourth-order valence-electron chi connectivity index (χ4n) is 4.29. The van der Waals surface area contributed by atoms with E-state index < -0.39 is 17.8 Å². The van der Waals surface area contributed by atoms with Crippen LogP contribution in [0.4, 0.5) is 15.8 Å². The van der Waals surface area contributed by atoms with Crippen molar-refractivity contribution in [3.05, 3.63) is 126 Å². The van der Waals surface area contributed by atoms with Gasteiger partial charge in [0, 0.05) is 32.0 Å². The molecule has 0 aliphatic rings. The van der Waals surface area contributed by atoms with Crippen molar-refractivity contribution in [3.8, 4) is 5.75 Å². The van der Waals surface area contributed by atoms with E-state index in [1.165, 1.54) is 12.1 Å². The molecule has 0 aromatic heterocycles. The first-order chi connectivity index (χ1) is 18.8. The SMILES string of the molecule is COc1ccc(CN(C(=O)Cc2ccccc2)C(C(=O)Nc2ccc(N(C)C)cc2)c2ccc(F)cc2)cc1. The van der Waals surface area contributed by atoms with Gasteiger partial charge in [-0.05, 0) is 65.2 Å². The molecule has 0 aliphatic carbocycles. The molecule has 0 bridgehead atoms. The molecule has 4 rings (SSSR count). The quantitative estimate of drug-likeness (QED) is 0.282. The Labute approximate surface area is 228 Å². The van der Waals surface area contributed by atoms with Crippen LogP contribution in [-0.4, -0.2) is 37.9 Å². The molecule has 0 radical (unpaired) electrons. The molecule has 0 heterocycles. The lowest BCUT2D eigenvalue weighted by Crippen LogP contribution is -2.41. The number of carbonyl (C=O) groups excluding carboxylic acids is 2. The van der Waals surface area contributed by atoms with E-state index in [2.05, 4.69) is 5.32 Å². The van der Waals surface area contributed by atoms with Crippen molar-refractivity contribution in [2.45, 2.75) is 19.0 Å². The van der Waals surface area contributed by atoms with Gasteiger partial charge in [0.15, 0.2) is 0 Å². The molecule has 0 saturated carbocycles. The van der Waals surface area contributed by atoms with Crippen molar-refractivity contribution < 1.29 is 18.7 Å². The van der Waals surface area contributed by atoms with E-state index in [1.807, 2.05) is 97.9 Å². The average molecular weight is 526 g/mol. The van der Waals surface area contributed by atoms with E-state index in [4.69, 9.17) is 4.74 Å². The van der Waals surface area contributed by atoms with Crippen LogP contribution < -0.4 is 15.0 Å². The number of nitrogens with one attached hydrogen (secondary N) is 1. The van der Waals surface area contributed by atoms with Gasteiger partial charge in [-0.15, -0.1) is 0 Å². The molecule has 0 fully saturated rings. The van der Waals surface area contributed by atoms with Crippen LogP contribution in [-0.2, 0) is 22.6 Å². The number of halogens is 1. The zero-order valence-electron chi connectivity index (χ0n) is 22.3. The van der Waals surface area contributed by atoms with Gasteiger partial charge in [-0.1, -0.05) is 54.6 Å². The maximum absolute atomic E-state index is 13.9. The highest BCUT2D eigenvalue weighted by atomic mass is 19.1. The lowest BCUT2D eigenvalue weighted by atomic mass is 10.0. The van der Waals surface area contributed by atoms with E-state index in [0.717, 1.165) is 16.8 Å². The first-order valence-corrected chi connectivity index (χ1v) is 12.6. The Morgan fingerprint density at radius 3 is 2.05 bits per heavy atom. The topological polar surface area (TPSA) is 61.9 Å². The molecule has 0 saturated heterocycles. The molecule has 4 aromatic carbocycles. The molecular formula is C32H32FN3O3. The summed E-state index contributed by atoms with van der Waals surface area (Å²) in [5.74, 6) is -0.358. The van der Waals surface area contributed by atoms with Crippen molar-refractivity contribution in [3.63, 3.8) is 0 Å². The van der Waals surface area contributed by atoms with Crippen LogP contribution in [0.1, 0.15) is 22.7 Å². The third-order valence-corrected chi connectivity index (χ3v) is 6.43. The molecule has 0 spiro atoms. The second-order valence-electron chi connectivity index (χ2n) is 9.42. The van der Waals surface area contributed by atoms with Gasteiger partial charge < -0.3 is 19.9 Å². The highest BCUT2D eigenvalue weighted by Crippen LogP contribution is 2.28. The average Bonchev–Trinajstić information content (AvgIpc) is 2.95. The van der Waals surface area contributed by atoms with E-state index in [-0.39, 0.29) is 18.9 Å². The number of rotatable bonds is 10. The fourth-order valence-corrected chi connectivity index (χ4v) is 4.29. The summed E-state index contributed by atoms with van der Waals surface area (Å²) in [4.78, 5) is 31.2. The number of ether oxygens (including phenoxy) is 1. The summed E-state index contributed by atoms with van der Waals surface area (Å²) in [7, 11) is 5.46. The summed E-state index contributed by atoms with van der Waals surface area (Å²) in [5.41, 5.74) is 3.75. The number of carbonyl (C=O) groups is 2. The molecular weight excluding hydrogens is 493 g/mol. The third kappa shape index (κ3) is 7.23. The minimum atomic E-state index is -1.00. The summed E-state index contributed by atoms with van der Waals surface area (Å²) in [6.07, 6.45) is 0.111. The van der Waals surface area contributed by atoms with Gasteiger partial charge in [0.25, 0.3) is 5.91 Å². The van der Waals surface area contributed by atoms with Crippen molar-refractivity contribution in [1.29, 1.82) is 0 Å². The van der Waals surface area contributed by atoms with Gasteiger partial charge in [0.05, 0.1) is 13.5 Å². The van der Waals surface area contributed by atoms with Crippen LogP contribution in [0.2, 0.25) is 0 Å². The number of hydrogen-bond acceptors (Lipinski definition) is 4. The predicted molar refractivity (Wildman–Crippen MR) is 152 cm³/mol. The summed E-state index contributed by atoms with van der Waals surface area (Å²) in [6.45, 7) is 0.171. The van der Waals surface area contributed by atoms with Crippen LogP contribution in [0, 0.1) is 5.82 Å². The monoisotopic (exact) mass is 525 g/mol. The number of benzene rings is 4. The molecule has 1 unspecified atom stereocenters. The van der Waals surface area contributed by atoms with Crippen LogP contribution in [0.15, 0.2) is 103 Å². The zero-order chi connectivity index (χ0) is 27.8. The highest BCUT2D eigenvalue weighted by molar-refractivity contribution is 5.98. The van der Waals surface area contributed by atoms with Crippen molar-refractivity contribution in [2.24, 2.45) is 0 Å². The van der Waals surface area contributed by atoms with Gasteiger partial charge in [-0.2, -0.15) is 0 Å². The maximum atomic E-state index is 13.9. The van der Waals surface area contributed by atoms with Crippen molar-refractivity contribution in [2.75, 3.05) is 31.4 Å². The number of methoxy groups -OCH3 is 1. The molecule has 1 atom stereocenters. The molecule has 7 heteroatoms. The molecule has 0 aliphatic heterocycles. The number of nitrogens with zero attached hydrogens (tertiary/aromatic N) is 2. The predicted octanol–water partition coefficient (Wildman–Crippen LogP) is 5.85. The Bertz CT molecular complexity index is 1370. The summed E-state index contributed by atoms with van der Waals surface area (Å²) >= 11 is 0. The smallest absolute Gasteiger partial charge is 0.251 e. The first-order valence-electron chi connectivity index (χ1n) is 12.6. The Morgan fingerprint density at radius 2 is 1.46 bits per heavy atom. The van der Waals surface area contributed by atoms with Crippen LogP contribution in [0.5, 0.6) is 5.75 Å². The second kappa shape index (κ2) is 12.7. The molecule has 6 nitrogen and oxygen atoms in total. The normalized spacial score (nSPS) is 11.4. The standard InChI is InChI=1S/C32H32FN3O3/c1-35(2)28-17-15-27(16-18-28)34-32(38)31(25-11-13-26(33)14-12-25)36(22-24-9-19-29(39-3)20-10-24)30(37)21-23-7-5-4-6-8-23/h4-20,31H,21-22H2,1-3H3,(H,34,38). The van der Waals surface area contributed by atoms with E-state index in [0.29, 0.717) is 17.0 Å². The van der Waals surface area contributed by atoms with Crippen LogP contribution >= 0.6 is 0 Å². The molecule has 200 valence electrons. The number of amides is 2. The van der Waals surface area contributed by atoms with Crippen molar-refractivity contribution >= 4 is 23.2 Å². The maximum Gasteiger partial charge on any atom is 0.251 e. The van der Waals surface area contributed by atoms with Crippen LogP contribution in [0.25, 0.3) is 0 Å². The van der Waals surface area contributed by atoms with Crippen LogP contribution in [0.3, 0.4) is 0 Å². The second-order valence-corrected chi connectivity index (χ2v) is 9.42. The lowest BCUT2D eigenvalue weighted by molar-refractivity contribution is -0.139.